The molecular formula is C18H20N2O5. The fourth-order valence-corrected chi connectivity index (χ4v) is 2.86. The molecule has 1 fully saturated rings. The Morgan fingerprint density at radius 2 is 1.96 bits per heavy atom. The summed E-state index contributed by atoms with van der Waals surface area (Å²) in [6, 6.07) is 3.59. The van der Waals surface area contributed by atoms with Crippen LogP contribution in [0.4, 0.5) is 0 Å². The van der Waals surface area contributed by atoms with E-state index < -0.39 is 0 Å². The van der Waals surface area contributed by atoms with E-state index in [2.05, 4.69) is 5.32 Å². The van der Waals surface area contributed by atoms with Crippen LogP contribution in [0.3, 0.4) is 0 Å². The first-order valence-corrected chi connectivity index (χ1v) is 8.09. The number of carbonyl (C=O) groups excluding carboxylic acids is 2. The number of fused-ring (bicyclic) bond motifs is 1. The van der Waals surface area contributed by atoms with Gasteiger partial charge in [-0.3, -0.25) is 9.59 Å². The number of rotatable bonds is 3. The van der Waals surface area contributed by atoms with Crippen LogP contribution in [-0.2, 0) is 9.59 Å². The van der Waals surface area contributed by atoms with E-state index in [1.165, 1.54) is 4.90 Å². The Kier molecular flexibility index (Phi) is 4.48. The third-order valence-corrected chi connectivity index (χ3v) is 4.57. The molecule has 0 bridgehead atoms. The van der Waals surface area contributed by atoms with Crippen LogP contribution in [0.1, 0.15) is 16.7 Å². The topological polar surface area (TPSA) is 88.8 Å². The molecule has 3 rings (SSSR count). The van der Waals surface area contributed by atoms with Gasteiger partial charge in [0.15, 0.2) is 6.61 Å². The van der Waals surface area contributed by atoms with Gasteiger partial charge in [-0.1, -0.05) is 0 Å². The van der Waals surface area contributed by atoms with Gasteiger partial charge in [-0.15, -0.1) is 0 Å². The molecule has 1 aliphatic heterocycles. The average Bonchev–Trinajstić information content (AvgIpc) is 2.59. The summed E-state index contributed by atoms with van der Waals surface area (Å²) in [6.45, 7) is 6.18. The van der Waals surface area contributed by atoms with Crippen LogP contribution >= 0.6 is 0 Å². The zero-order chi connectivity index (χ0) is 18.1. The molecule has 7 nitrogen and oxygen atoms in total. The summed E-state index contributed by atoms with van der Waals surface area (Å²) in [4.78, 5) is 36.9. The van der Waals surface area contributed by atoms with Crippen molar-refractivity contribution >= 4 is 22.8 Å². The maximum absolute atomic E-state index is 12.2. The molecular weight excluding hydrogens is 324 g/mol. The first-order valence-electron chi connectivity index (χ1n) is 8.09. The molecule has 2 aromatic rings. The molecule has 0 radical (unpaired) electrons. The molecule has 1 aliphatic rings. The van der Waals surface area contributed by atoms with Crippen molar-refractivity contribution < 1.29 is 18.7 Å². The summed E-state index contributed by atoms with van der Waals surface area (Å²) in [5, 5.41) is 3.52. The van der Waals surface area contributed by atoms with Gasteiger partial charge in [0.25, 0.3) is 5.91 Å². The summed E-state index contributed by atoms with van der Waals surface area (Å²) in [5.41, 5.74) is 2.22. The number of ether oxygens (including phenoxy) is 1. The lowest BCUT2D eigenvalue weighted by atomic mass is 10.0. The first-order chi connectivity index (χ1) is 11.9. The Labute approximate surface area is 144 Å². The molecule has 7 heteroatoms. The number of carbonyl (C=O) groups is 2. The molecule has 0 unspecified atom stereocenters. The number of hydrogen-bond acceptors (Lipinski definition) is 5. The molecule has 132 valence electrons. The van der Waals surface area contributed by atoms with Gasteiger partial charge in [0, 0.05) is 29.6 Å². The van der Waals surface area contributed by atoms with Crippen LogP contribution < -0.4 is 15.7 Å². The Morgan fingerprint density at radius 1 is 1.20 bits per heavy atom. The fourth-order valence-electron chi connectivity index (χ4n) is 2.86. The highest BCUT2D eigenvalue weighted by atomic mass is 16.5. The molecule has 0 aliphatic carbocycles. The minimum absolute atomic E-state index is 0.0479. The smallest absolute Gasteiger partial charge is 0.339 e. The normalized spacial score (nSPS) is 14.5. The number of benzene rings is 1. The lowest BCUT2D eigenvalue weighted by molar-refractivity contribution is -0.139. The van der Waals surface area contributed by atoms with E-state index in [4.69, 9.17) is 9.15 Å². The van der Waals surface area contributed by atoms with Crippen LogP contribution in [0.15, 0.2) is 21.3 Å². The highest BCUT2D eigenvalue weighted by Gasteiger charge is 2.22. The number of nitrogens with one attached hydrogen (secondary N) is 1. The molecule has 0 spiro atoms. The number of hydrogen-bond donors (Lipinski definition) is 1. The summed E-state index contributed by atoms with van der Waals surface area (Å²) in [6.07, 6.45) is 0. The van der Waals surface area contributed by atoms with E-state index in [0.717, 1.165) is 10.9 Å². The summed E-state index contributed by atoms with van der Waals surface area (Å²) in [5.74, 6) is 0.0544. The number of aryl methyl sites for hydroxylation is 2. The first kappa shape index (κ1) is 17.0. The highest BCUT2D eigenvalue weighted by molar-refractivity contribution is 5.87. The van der Waals surface area contributed by atoms with E-state index in [1.807, 2.05) is 13.0 Å². The minimum Gasteiger partial charge on any atom is -0.483 e. The molecule has 2 heterocycles. The van der Waals surface area contributed by atoms with Crippen molar-refractivity contribution in [2.24, 2.45) is 0 Å². The van der Waals surface area contributed by atoms with Crippen molar-refractivity contribution in [1.82, 2.24) is 10.2 Å². The summed E-state index contributed by atoms with van der Waals surface area (Å²) < 4.78 is 11.0. The lowest BCUT2D eigenvalue weighted by Crippen LogP contribution is -2.51. The molecule has 1 aromatic heterocycles. The second-order valence-electron chi connectivity index (χ2n) is 6.16. The van der Waals surface area contributed by atoms with Crippen LogP contribution in [-0.4, -0.2) is 43.0 Å². The quantitative estimate of drug-likeness (QED) is 0.841. The zero-order valence-corrected chi connectivity index (χ0v) is 14.5. The van der Waals surface area contributed by atoms with Gasteiger partial charge in [0.1, 0.15) is 11.3 Å². The van der Waals surface area contributed by atoms with E-state index in [-0.39, 0.29) is 30.6 Å². The Bertz CT molecular complexity index is 916. The molecule has 1 aromatic carbocycles. The molecule has 1 N–H and O–H groups in total. The Hall–Kier alpha value is -2.83. The van der Waals surface area contributed by atoms with Gasteiger partial charge in [-0.05, 0) is 38.5 Å². The largest absolute Gasteiger partial charge is 0.483 e. The van der Waals surface area contributed by atoms with Gasteiger partial charge in [-0.25, -0.2) is 4.79 Å². The number of nitrogens with zero attached hydrogens (tertiary/aromatic N) is 1. The Balaban J connectivity index is 1.81. The minimum atomic E-state index is -0.374. The van der Waals surface area contributed by atoms with Crippen molar-refractivity contribution in [3.05, 3.63) is 39.2 Å². The van der Waals surface area contributed by atoms with Gasteiger partial charge in [-0.2, -0.15) is 0 Å². The van der Waals surface area contributed by atoms with E-state index >= 15 is 0 Å². The Morgan fingerprint density at radius 3 is 2.68 bits per heavy atom. The van der Waals surface area contributed by atoms with Crippen molar-refractivity contribution in [1.29, 1.82) is 0 Å². The van der Waals surface area contributed by atoms with Gasteiger partial charge in [0.05, 0.1) is 6.54 Å². The summed E-state index contributed by atoms with van der Waals surface area (Å²) in [7, 11) is 0. The molecule has 0 atom stereocenters. The second kappa shape index (κ2) is 6.58. The average molecular weight is 344 g/mol. The van der Waals surface area contributed by atoms with Crippen molar-refractivity contribution in [3.8, 4) is 5.75 Å². The standard InChI is InChI=1S/C18H20N2O5/c1-10-11(2)18(23)25-17-12(3)14(5-4-13(10)17)24-9-16(22)20-7-6-19-15(21)8-20/h4-5H,6-9H2,1-3H3,(H,19,21). The maximum Gasteiger partial charge on any atom is 0.339 e. The van der Waals surface area contributed by atoms with Crippen LogP contribution in [0.5, 0.6) is 5.75 Å². The van der Waals surface area contributed by atoms with E-state index in [1.54, 1.807) is 19.9 Å². The zero-order valence-electron chi connectivity index (χ0n) is 14.5. The van der Waals surface area contributed by atoms with Crippen molar-refractivity contribution in [2.45, 2.75) is 20.8 Å². The van der Waals surface area contributed by atoms with Crippen LogP contribution in [0.2, 0.25) is 0 Å². The maximum atomic E-state index is 12.2. The van der Waals surface area contributed by atoms with Crippen molar-refractivity contribution in [2.75, 3.05) is 26.2 Å². The monoisotopic (exact) mass is 344 g/mol. The predicted octanol–water partition coefficient (Wildman–Crippen LogP) is 1.06. The summed E-state index contributed by atoms with van der Waals surface area (Å²) >= 11 is 0. The van der Waals surface area contributed by atoms with Gasteiger partial charge in [0.2, 0.25) is 5.91 Å². The number of amides is 2. The molecule has 1 saturated heterocycles. The molecule has 2 amide bonds. The van der Waals surface area contributed by atoms with Crippen LogP contribution in [0, 0.1) is 20.8 Å². The highest BCUT2D eigenvalue weighted by Crippen LogP contribution is 2.29. The lowest BCUT2D eigenvalue weighted by Gasteiger charge is -2.26. The molecule has 0 saturated carbocycles. The number of piperazine rings is 1. The van der Waals surface area contributed by atoms with Crippen LogP contribution in [0.25, 0.3) is 11.0 Å². The third-order valence-electron chi connectivity index (χ3n) is 4.57. The third kappa shape index (κ3) is 3.22. The van der Waals surface area contributed by atoms with E-state index in [9.17, 15) is 14.4 Å². The van der Waals surface area contributed by atoms with Gasteiger partial charge >= 0.3 is 5.63 Å². The fraction of sp³-hybridized carbons (Fsp3) is 0.389. The SMILES string of the molecule is Cc1c(C)c2ccc(OCC(=O)N3CCNC(=O)C3)c(C)c2oc1=O. The van der Waals surface area contributed by atoms with E-state index in [0.29, 0.717) is 35.5 Å². The predicted molar refractivity (Wildman–Crippen MR) is 91.8 cm³/mol. The van der Waals surface area contributed by atoms with Gasteiger partial charge < -0.3 is 19.4 Å². The second-order valence-corrected chi connectivity index (χ2v) is 6.16. The van der Waals surface area contributed by atoms with Crippen molar-refractivity contribution in [3.63, 3.8) is 0 Å². The molecule has 25 heavy (non-hydrogen) atoms.